The summed E-state index contributed by atoms with van der Waals surface area (Å²) in [5.41, 5.74) is 2.58. The van der Waals surface area contributed by atoms with Crippen molar-refractivity contribution in [3.05, 3.63) is 29.8 Å². The molecular weight excluding hydrogens is 194 g/mol. The van der Waals surface area contributed by atoms with Crippen molar-refractivity contribution in [2.75, 3.05) is 17.7 Å². The van der Waals surface area contributed by atoms with E-state index in [1.54, 1.807) is 0 Å². The van der Waals surface area contributed by atoms with Crippen molar-refractivity contribution in [3.8, 4) is 0 Å². The van der Waals surface area contributed by atoms with Crippen LogP contribution in [0.5, 0.6) is 0 Å². The summed E-state index contributed by atoms with van der Waals surface area (Å²) in [6.07, 6.45) is 0. The summed E-state index contributed by atoms with van der Waals surface area (Å²) in [7, 11) is 2.02. The van der Waals surface area contributed by atoms with Crippen LogP contribution in [0.1, 0.15) is 11.5 Å². The third kappa shape index (κ3) is 0.906. The van der Waals surface area contributed by atoms with Gasteiger partial charge in [-0.3, -0.25) is 4.79 Å². The maximum absolute atomic E-state index is 11.7. The van der Waals surface area contributed by atoms with Gasteiger partial charge in [0.2, 0.25) is 5.12 Å². The second-order valence-electron chi connectivity index (χ2n) is 3.85. The van der Waals surface area contributed by atoms with E-state index in [-0.39, 0.29) is 6.04 Å². The molecule has 14 heavy (non-hydrogen) atoms. The summed E-state index contributed by atoms with van der Waals surface area (Å²) in [6.45, 7) is 0. The number of benzene rings is 1. The second-order valence-corrected chi connectivity index (χ2v) is 4.88. The fraction of sp³-hybridized carbons (Fsp3) is 0.364. The average Bonchev–Trinajstić information content (AvgIpc) is 2.70. The van der Waals surface area contributed by atoms with Gasteiger partial charge in [0.25, 0.3) is 0 Å². The number of carbonyl (C=O) groups excluding carboxylic acids is 1. The molecule has 2 aliphatic heterocycles. The standard InChI is InChI=1S/C11H11NOS/c1-12-9-5-3-2-4-7(9)8-6-14-11(13)10(8)12/h2-5,8,10H,6H2,1H3. The fourth-order valence-corrected chi connectivity index (χ4v) is 3.67. The molecule has 3 rings (SSSR count). The smallest absolute Gasteiger partial charge is 0.212 e. The van der Waals surface area contributed by atoms with Gasteiger partial charge in [0, 0.05) is 24.4 Å². The molecular formula is C11H11NOS. The van der Waals surface area contributed by atoms with Gasteiger partial charge in [-0.25, -0.2) is 0 Å². The van der Waals surface area contributed by atoms with Crippen LogP contribution in [0, 0.1) is 0 Å². The van der Waals surface area contributed by atoms with E-state index < -0.39 is 0 Å². The van der Waals surface area contributed by atoms with E-state index in [9.17, 15) is 4.79 Å². The maximum atomic E-state index is 11.7. The molecule has 0 spiro atoms. The van der Waals surface area contributed by atoms with Gasteiger partial charge in [-0.1, -0.05) is 30.0 Å². The Balaban J connectivity index is 2.15. The van der Waals surface area contributed by atoms with Crippen molar-refractivity contribution >= 4 is 22.6 Å². The van der Waals surface area contributed by atoms with Gasteiger partial charge >= 0.3 is 0 Å². The predicted octanol–water partition coefficient (Wildman–Crippen LogP) is 1.86. The number of fused-ring (bicyclic) bond motifs is 3. The number of hydrogen-bond acceptors (Lipinski definition) is 3. The average molecular weight is 205 g/mol. The van der Waals surface area contributed by atoms with Crippen molar-refractivity contribution in [2.45, 2.75) is 12.0 Å². The van der Waals surface area contributed by atoms with Gasteiger partial charge in [0.15, 0.2) is 0 Å². The van der Waals surface area contributed by atoms with Crippen LogP contribution in [0.25, 0.3) is 0 Å². The van der Waals surface area contributed by atoms with Crippen LogP contribution in [-0.4, -0.2) is 24.0 Å². The van der Waals surface area contributed by atoms with Crippen molar-refractivity contribution in [1.82, 2.24) is 0 Å². The molecule has 0 saturated carbocycles. The molecule has 2 nitrogen and oxygen atoms in total. The lowest BCUT2D eigenvalue weighted by Crippen LogP contribution is -2.32. The Labute approximate surface area is 87.3 Å². The fourth-order valence-electron chi connectivity index (χ4n) is 2.47. The minimum atomic E-state index is 0.0948. The first-order chi connectivity index (χ1) is 6.79. The highest BCUT2D eigenvalue weighted by molar-refractivity contribution is 8.14. The molecule has 0 amide bonds. The molecule has 1 saturated heterocycles. The zero-order chi connectivity index (χ0) is 9.71. The Kier molecular flexibility index (Phi) is 1.65. The highest BCUT2D eigenvalue weighted by Gasteiger charge is 2.45. The number of thioether (sulfide) groups is 1. The molecule has 1 aromatic carbocycles. The molecule has 1 fully saturated rings. The lowest BCUT2D eigenvalue weighted by Gasteiger charge is -2.18. The third-order valence-corrected chi connectivity index (χ3v) is 4.21. The summed E-state index contributed by atoms with van der Waals surface area (Å²) >= 11 is 1.48. The maximum Gasteiger partial charge on any atom is 0.212 e. The number of para-hydroxylation sites is 1. The first-order valence-corrected chi connectivity index (χ1v) is 5.76. The largest absolute Gasteiger partial charge is 0.363 e. The second kappa shape index (κ2) is 2.76. The lowest BCUT2D eigenvalue weighted by molar-refractivity contribution is -0.111. The van der Waals surface area contributed by atoms with E-state index in [4.69, 9.17) is 0 Å². The molecule has 0 aromatic heterocycles. The topological polar surface area (TPSA) is 20.3 Å². The summed E-state index contributed by atoms with van der Waals surface area (Å²) in [6, 6.07) is 8.44. The van der Waals surface area contributed by atoms with Gasteiger partial charge in [0.05, 0.1) is 0 Å². The third-order valence-electron chi connectivity index (χ3n) is 3.16. The normalized spacial score (nSPS) is 29.2. The zero-order valence-corrected chi connectivity index (χ0v) is 8.75. The monoisotopic (exact) mass is 205 g/mol. The van der Waals surface area contributed by atoms with Crippen LogP contribution in [0.2, 0.25) is 0 Å². The van der Waals surface area contributed by atoms with Crippen molar-refractivity contribution < 1.29 is 4.79 Å². The number of hydrogen-bond donors (Lipinski definition) is 0. The molecule has 2 unspecified atom stereocenters. The van der Waals surface area contributed by atoms with E-state index >= 15 is 0 Å². The van der Waals surface area contributed by atoms with E-state index in [0.717, 1.165) is 5.75 Å². The first-order valence-electron chi connectivity index (χ1n) is 4.77. The van der Waals surface area contributed by atoms with Crippen molar-refractivity contribution in [1.29, 1.82) is 0 Å². The zero-order valence-electron chi connectivity index (χ0n) is 7.93. The van der Waals surface area contributed by atoms with Crippen LogP contribution in [-0.2, 0) is 4.79 Å². The van der Waals surface area contributed by atoms with E-state index in [0.29, 0.717) is 11.0 Å². The van der Waals surface area contributed by atoms with E-state index in [1.165, 1.54) is 23.0 Å². The minimum absolute atomic E-state index is 0.0948. The number of anilines is 1. The Morgan fingerprint density at radius 3 is 3.07 bits per heavy atom. The van der Waals surface area contributed by atoms with Gasteiger partial charge in [-0.2, -0.15) is 0 Å². The Morgan fingerprint density at radius 2 is 2.21 bits per heavy atom. The number of rotatable bonds is 0. The molecule has 0 aliphatic carbocycles. The van der Waals surface area contributed by atoms with Crippen molar-refractivity contribution in [3.63, 3.8) is 0 Å². The van der Waals surface area contributed by atoms with Crippen LogP contribution in [0.4, 0.5) is 5.69 Å². The van der Waals surface area contributed by atoms with Crippen LogP contribution in [0.3, 0.4) is 0 Å². The van der Waals surface area contributed by atoms with Crippen molar-refractivity contribution in [2.24, 2.45) is 0 Å². The SMILES string of the molecule is CN1c2ccccc2C2CSC(=O)C21. The lowest BCUT2D eigenvalue weighted by atomic mass is 9.98. The molecule has 72 valence electrons. The predicted molar refractivity (Wildman–Crippen MR) is 58.8 cm³/mol. The van der Waals surface area contributed by atoms with Gasteiger partial charge in [0.1, 0.15) is 6.04 Å². The Bertz CT molecular complexity index is 404. The summed E-state index contributed by atoms with van der Waals surface area (Å²) in [5.74, 6) is 1.37. The van der Waals surface area contributed by atoms with Crippen LogP contribution in [0.15, 0.2) is 24.3 Å². The van der Waals surface area contributed by atoms with E-state index in [2.05, 4.69) is 23.1 Å². The highest BCUT2D eigenvalue weighted by Crippen LogP contribution is 2.47. The quantitative estimate of drug-likeness (QED) is 0.645. The van der Waals surface area contributed by atoms with Crippen LogP contribution < -0.4 is 4.90 Å². The Morgan fingerprint density at radius 1 is 1.43 bits per heavy atom. The summed E-state index contributed by atoms with van der Waals surface area (Å²) in [4.78, 5) is 13.8. The highest BCUT2D eigenvalue weighted by atomic mass is 32.2. The molecule has 2 heterocycles. The van der Waals surface area contributed by atoms with E-state index in [1.807, 2.05) is 13.1 Å². The molecule has 1 aromatic rings. The van der Waals surface area contributed by atoms with Gasteiger partial charge in [-0.05, 0) is 11.6 Å². The summed E-state index contributed by atoms with van der Waals surface area (Å²) < 4.78 is 0. The number of nitrogens with zero attached hydrogens (tertiary/aromatic N) is 1. The van der Waals surface area contributed by atoms with Gasteiger partial charge < -0.3 is 4.90 Å². The number of carbonyl (C=O) groups is 1. The number of likely N-dealkylation sites (N-methyl/N-ethyl adjacent to an activating group) is 1. The Hall–Kier alpha value is -0.960. The molecule has 2 atom stereocenters. The molecule has 2 aliphatic rings. The van der Waals surface area contributed by atoms with Crippen LogP contribution >= 0.6 is 11.8 Å². The molecule has 0 N–H and O–H groups in total. The summed E-state index contributed by atoms with van der Waals surface area (Å²) in [5, 5.41) is 0.328. The molecule has 0 bridgehead atoms. The molecule has 0 radical (unpaired) electrons. The first kappa shape index (κ1) is 8.36. The molecule has 3 heteroatoms. The van der Waals surface area contributed by atoms with Gasteiger partial charge in [-0.15, -0.1) is 0 Å². The minimum Gasteiger partial charge on any atom is -0.363 e.